The van der Waals surface area contributed by atoms with Gasteiger partial charge in [0.2, 0.25) is 5.91 Å². The maximum absolute atomic E-state index is 14.5. The van der Waals surface area contributed by atoms with Gasteiger partial charge in [-0.3, -0.25) is 19.5 Å². The number of rotatable bonds is 6. The van der Waals surface area contributed by atoms with Crippen LogP contribution in [0.2, 0.25) is 5.02 Å². The quantitative estimate of drug-likeness (QED) is 0.419. The first-order valence-corrected chi connectivity index (χ1v) is 16.3. The Morgan fingerprint density at radius 2 is 1.89 bits per heavy atom. The fraction of sp³-hybridized carbons (Fsp3) is 0.543. The first-order chi connectivity index (χ1) is 21.5. The zero-order chi connectivity index (χ0) is 31.9. The summed E-state index contributed by atoms with van der Waals surface area (Å²) >= 11 is 6.44. The number of fused-ring (bicyclic) bond motifs is 2. The van der Waals surface area contributed by atoms with Crippen molar-refractivity contribution in [3.8, 4) is 0 Å². The molecule has 0 bridgehead atoms. The van der Waals surface area contributed by atoms with Crippen LogP contribution in [0.3, 0.4) is 0 Å². The summed E-state index contributed by atoms with van der Waals surface area (Å²) in [5.74, 6) is -0.939. The van der Waals surface area contributed by atoms with Crippen molar-refractivity contribution in [3.05, 3.63) is 82.2 Å². The summed E-state index contributed by atoms with van der Waals surface area (Å²) in [6.45, 7) is 7.54. The Labute approximate surface area is 277 Å². The molecule has 3 aliphatic rings. The van der Waals surface area contributed by atoms with Crippen molar-refractivity contribution >= 4 is 23.4 Å². The van der Waals surface area contributed by atoms with E-state index in [1.165, 1.54) is 0 Å². The molecule has 10 nitrogen and oxygen atoms in total. The van der Waals surface area contributed by atoms with Crippen molar-refractivity contribution < 1.29 is 19.8 Å². The Morgan fingerprint density at radius 1 is 1.11 bits per heavy atom. The van der Waals surface area contributed by atoms with Crippen LogP contribution in [-0.4, -0.2) is 102 Å². The molecule has 0 spiro atoms. The number of aliphatic hydroxyl groups excluding tert-OH is 1. The number of piperidine rings is 1. The lowest BCUT2D eigenvalue weighted by molar-refractivity contribution is -0.159. The zero-order valence-electron chi connectivity index (χ0n) is 26.3. The third-order valence-corrected chi connectivity index (χ3v) is 9.82. The molecule has 2 saturated heterocycles. The molecule has 0 saturated carbocycles. The van der Waals surface area contributed by atoms with Crippen LogP contribution in [0.1, 0.15) is 68.2 Å². The molecule has 2 fully saturated rings. The molecular weight excluding hydrogens is 604 g/mol. The van der Waals surface area contributed by atoms with Crippen LogP contribution in [0.4, 0.5) is 0 Å². The van der Waals surface area contributed by atoms with Gasteiger partial charge in [-0.1, -0.05) is 45.0 Å². The minimum absolute atomic E-state index is 0. The molecule has 2 aliphatic heterocycles. The number of benzene rings is 1. The number of carbonyl (C=O) groups is 2. The molecule has 248 valence electrons. The number of likely N-dealkylation sites (tertiary alicyclic amines) is 1. The van der Waals surface area contributed by atoms with Crippen molar-refractivity contribution in [1.82, 2.24) is 29.2 Å². The van der Waals surface area contributed by atoms with E-state index >= 15 is 0 Å². The van der Waals surface area contributed by atoms with Crippen molar-refractivity contribution in [2.75, 3.05) is 32.7 Å². The number of amides is 2. The van der Waals surface area contributed by atoms with Gasteiger partial charge < -0.3 is 24.6 Å². The van der Waals surface area contributed by atoms with Crippen LogP contribution in [-0.2, 0) is 29.0 Å². The third-order valence-electron chi connectivity index (χ3n) is 9.58. The topological polar surface area (TPSA) is 115 Å². The molecule has 1 aromatic carbocycles. The highest BCUT2D eigenvalue weighted by Gasteiger charge is 2.45. The smallest absolute Gasteiger partial charge is 0.252 e. The molecule has 11 heteroatoms. The van der Waals surface area contributed by atoms with Crippen LogP contribution in [0.5, 0.6) is 0 Å². The Balaban J connectivity index is 0.00000417. The number of aliphatic hydroxyl groups is 2. The Kier molecular flexibility index (Phi) is 10.2. The Hall–Kier alpha value is -3.31. The molecule has 4 heterocycles. The molecule has 3 aromatic rings. The van der Waals surface area contributed by atoms with Gasteiger partial charge in [0.05, 0.1) is 36.8 Å². The van der Waals surface area contributed by atoms with Gasteiger partial charge in [-0.2, -0.15) is 0 Å². The highest BCUT2D eigenvalue weighted by Crippen LogP contribution is 2.38. The second kappa shape index (κ2) is 13.8. The highest BCUT2D eigenvalue weighted by molar-refractivity contribution is 6.30. The normalized spacial score (nSPS) is 24.1. The molecule has 2 amide bonds. The lowest BCUT2D eigenvalue weighted by Crippen LogP contribution is -2.65. The number of aromatic nitrogens is 3. The van der Waals surface area contributed by atoms with E-state index in [9.17, 15) is 19.8 Å². The molecule has 0 radical (unpaired) electrons. The summed E-state index contributed by atoms with van der Waals surface area (Å²) in [4.78, 5) is 42.8. The maximum atomic E-state index is 14.5. The van der Waals surface area contributed by atoms with Crippen LogP contribution in [0.15, 0.2) is 49.1 Å². The summed E-state index contributed by atoms with van der Waals surface area (Å²) in [7, 11) is 0. The molecule has 4 atom stereocenters. The maximum Gasteiger partial charge on any atom is 0.252 e. The number of aryl methyl sites for hydroxylation is 3. The second-order valence-corrected chi connectivity index (χ2v) is 13.7. The Bertz CT molecular complexity index is 1560. The van der Waals surface area contributed by atoms with E-state index < -0.39 is 23.7 Å². The van der Waals surface area contributed by atoms with E-state index in [-0.39, 0.29) is 44.9 Å². The number of carbonyl (C=O) groups excluding carboxylic acids is 2. The number of nitrogens with zero attached hydrogens (tertiary/aromatic N) is 6. The predicted octanol–water partition coefficient (Wildman–Crippen LogP) is 3.65. The minimum Gasteiger partial charge on any atom is -0.386 e. The lowest BCUT2D eigenvalue weighted by Gasteiger charge is -2.47. The molecular formula is C35H47ClN6O4. The monoisotopic (exact) mass is 650 g/mol. The van der Waals surface area contributed by atoms with Crippen molar-refractivity contribution in [2.45, 2.75) is 84.2 Å². The van der Waals surface area contributed by atoms with Crippen LogP contribution >= 0.6 is 11.6 Å². The van der Waals surface area contributed by atoms with E-state index in [2.05, 4.69) is 22.0 Å². The number of imidazole rings is 1. The lowest BCUT2D eigenvalue weighted by atomic mass is 9.91. The summed E-state index contributed by atoms with van der Waals surface area (Å²) in [6.07, 6.45) is 7.04. The molecule has 46 heavy (non-hydrogen) atoms. The summed E-state index contributed by atoms with van der Waals surface area (Å²) < 4.78 is 1.86. The van der Waals surface area contributed by atoms with Crippen LogP contribution in [0.25, 0.3) is 0 Å². The molecule has 1 aliphatic carbocycles. The number of piperazine rings is 1. The fourth-order valence-electron chi connectivity index (χ4n) is 7.26. The van der Waals surface area contributed by atoms with E-state index in [1.807, 2.05) is 42.1 Å². The SMILES string of the molecule is C.Cc1cn(CC2(O)CCCN(C(=O)[C@H]3CN([C@H]4c5ccc(Cl)cc5CCc5cccnc54)CCN3C(=O)C(O)C(C)C)C2)cn1. The summed E-state index contributed by atoms with van der Waals surface area (Å²) in [6, 6.07) is 9.00. The van der Waals surface area contributed by atoms with Crippen LogP contribution < -0.4 is 0 Å². The van der Waals surface area contributed by atoms with Gasteiger partial charge in [0.25, 0.3) is 5.91 Å². The number of halogens is 1. The van der Waals surface area contributed by atoms with E-state index in [0.717, 1.165) is 40.9 Å². The first kappa shape index (κ1) is 34.0. The zero-order valence-corrected chi connectivity index (χ0v) is 27.0. The van der Waals surface area contributed by atoms with E-state index in [4.69, 9.17) is 16.6 Å². The van der Waals surface area contributed by atoms with Gasteiger partial charge in [0.15, 0.2) is 0 Å². The van der Waals surface area contributed by atoms with Gasteiger partial charge in [0, 0.05) is 43.6 Å². The number of β-amino-alcohol motifs (C(OH)–C–C–N with tert-alkyl or cyclic N) is 1. The summed E-state index contributed by atoms with van der Waals surface area (Å²) in [5.41, 5.74) is 4.10. The van der Waals surface area contributed by atoms with Gasteiger partial charge >= 0.3 is 0 Å². The minimum atomic E-state index is -1.21. The van der Waals surface area contributed by atoms with Crippen molar-refractivity contribution in [1.29, 1.82) is 0 Å². The predicted molar refractivity (Wildman–Crippen MR) is 177 cm³/mol. The van der Waals surface area contributed by atoms with Crippen molar-refractivity contribution in [3.63, 3.8) is 0 Å². The Morgan fingerprint density at radius 3 is 2.63 bits per heavy atom. The average Bonchev–Trinajstić information content (AvgIpc) is 3.35. The van der Waals surface area contributed by atoms with Crippen molar-refractivity contribution in [2.24, 2.45) is 5.92 Å². The van der Waals surface area contributed by atoms with E-state index in [1.54, 1.807) is 30.0 Å². The van der Waals surface area contributed by atoms with Crippen LogP contribution in [0, 0.1) is 12.8 Å². The second-order valence-electron chi connectivity index (χ2n) is 13.3. The fourth-order valence-corrected chi connectivity index (χ4v) is 7.45. The highest BCUT2D eigenvalue weighted by atomic mass is 35.5. The largest absolute Gasteiger partial charge is 0.386 e. The molecule has 2 N–H and O–H groups in total. The first-order valence-electron chi connectivity index (χ1n) is 16.0. The number of pyridine rings is 1. The number of hydrogen-bond donors (Lipinski definition) is 2. The van der Waals surface area contributed by atoms with Gasteiger partial charge in [-0.05, 0) is 73.4 Å². The summed E-state index contributed by atoms with van der Waals surface area (Å²) in [5, 5.41) is 23.1. The van der Waals surface area contributed by atoms with E-state index in [0.29, 0.717) is 37.5 Å². The third kappa shape index (κ3) is 6.86. The molecule has 2 unspecified atom stereocenters. The van der Waals surface area contributed by atoms with Gasteiger partial charge in [-0.25, -0.2) is 4.98 Å². The van der Waals surface area contributed by atoms with Gasteiger partial charge in [0.1, 0.15) is 17.7 Å². The number of hydrogen-bond acceptors (Lipinski definition) is 7. The average molecular weight is 651 g/mol. The molecule has 2 aromatic heterocycles. The molecule has 6 rings (SSSR count). The van der Waals surface area contributed by atoms with Gasteiger partial charge in [-0.15, -0.1) is 0 Å². The standard InChI is InChI=1S/C34H43ClN6O4.CH4/c1-22(2)31(42)33(44)41-15-14-39(30-27-10-9-26(35)16-25(27)8-7-24-6-4-12-36-29(24)30)18-28(41)32(43)40-13-5-11-34(45,20-40)19-38-17-23(3)37-21-38;/h4,6,9-10,12,16-17,21-22,28,30-31,42,45H,5,7-8,11,13-15,18-20H2,1-3H3;1H4/t28-,30+,31?,34?;/m1./s1.